The van der Waals surface area contributed by atoms with E-state index in [9.17, 15) is 19.7 Å². The van der Waals surface area contributed by atoms with Gasteiger partial charge in [-0.15, -0.1) is 6.58 Å². The third kappa shape index (κ3) is 3.60. The highest BCUT2D eigenvalue weighted by atomic mass is 32.1. The number of nitro groups is 1. The maximum absolute atomic E-state index is 12.5. The van der Waals surface area contributed by atoms with Crippen LogP contribution >= 0.6 is 12.2 Å². The van der Waals surface area contributed by atoms with Crippen LogP contribution in [0.3, 0.4) is 0 Å². The van der Waals surface area contributed by atoms with E-state index in [0.29, 0.717) is 11.3 Å². The van der Waals surface area contributed by atoms with Crippen molar-refractivity contribution in [1.29, 1.82) is 0 Å². The Kier molecular flexibility index (Phi) is 5.18. The predicted molar refractivity (Wildman–Crippen MR) is 106 cm³/mol. The fourth-order valence-electron chi connectivity index (χ4n) is 2.70. The summed E-state index contributed by atoms with van der Waals surface area (Å²) in [5.74, 6) is -0.543. The zero-order chi connectivity index (χ0) is 20.4. The van der Waals surface area contributed by atoms with Gasteiger partial charge in [-0.1, -0.05) is 12.1 Å². The molecule has 1 aliphatic heterocycles. The van der Waals surface area contributed by atoms with Gasteiger partial charge in [0, 0.05) is 24.2 Å². The van der Waals surface area contributed by atoms with Crippen LogP contribution in [0.5, 0.6) is 0 Å². The van der Waals surface area contributed by atoms with Gasteiger partial charge in [0.2, 0.25) is 0 Å². The predicted octanol–water partition coefficient (Wildman–Crippen LogP) is 2.98. The molecule has 1 aliphatic rings. The standard InChI is InChI=1S/C19H15N3O5S/c1-3-8-21-18(24)15(17(23)20-19(21)28)10-13-6-7-16(27-13)14-9-12(22(25)26)5-4-11(14)2/h3-7,9-10H,1,8H2,2H3,(H,20,23,28)/b15-10+. The molecule has 2 aromatic rings. The number of carbonyl (C=O) groups excluding carboxylic acids is 2. The Bertz CT molecular complexity index is 1050. The molecule has 2 amide bonds. The van der Waals surface area contributed by atoms with E-state index in [1.54, 1.807) is 25.1 Å². The van der Waals surface area contributed by atoms with Gasteiger partial charge in [-0.3, -0.25) is 29.9 Å². The minimum atomic E-state index is -0.625. The highest BCUT2D eigenvalue weighted by molar-refractivity contribution is 7.80. The second kappa shape index (κ2) is 7.57. The Hall–Kier alpha value is -3.59. The molecule has 0 bridgehead atoms. The van der Waals surface area contributed by atoms with Crippen LogP contribution in [0.1, 0.15) is 11.3 Å². The first kappa shape index (κ1) is 19.2. The van der Waals surface area contributed by atoms with Crippen molar-refractivity contribution in [3.63, 3.8) is 0 Å². The van der Waals surface area contributed by atoms with Gasteiger partial charge < -0.3 is 4.42 Å². The van der Waals surface area contributed by atoms with Gasteiger partial charge in [0.15, 0.2) is 5.11 Å². The molecule has 0 saturated carbocycles. The lowest BCUT2D eigenvalue weighted by Gasteiger charge is -2.27. The second-order valence-corrected chi connectivity index (χ2v) is 6.37. The Balaban J connectivity index is 1.96. The average Bonchev–Trinajstić information content (AvgIpc) is 3.11. The van der Waals surface area contributed by atoms with E-state index < -0.39 is 16.7 Å². The molecule has 1 fully saturated rings. The third-order valence-electron chi connectivity index (χ3n) is 4.11. The Morgan fingerprint density at radius 3 is 2.75 bits per heavy atom. The summed E-state index contributed by atoms with van der Waals surface area (Å²) >= 11 is 5.00. The van der Waals surface area contributed by atoms with Crippen LogP contribution in [0.25, 0.3) is 17.4 Å². The molecule has 142 valence electrons. The van der Waals surface area contributed by atoms with Crippen molar-refractivity contribution < 1.29 is 18.9 Å². The number of hydrogen-bond donors (Lipinski definition) is 1. The van der Waals surface area contributed by atoms with Gasteiger partial charge in [-0.2, -0.15) is 0 Å². The number of thiocarbonyl (C=S) groups is 1. The van der Waals surface area contributed by atoms with Crippen molar-refractivity contribution in [2.45, 2.75) is 6.92 Å². The Morgan fingerprint density at radius 2 is 2.07 bits per heavy atom. The van der Waals surface area contributed by atoms with Gasteiger partial charge in [0.05, 0.1) is 4.92 Å². The summed E-state index contributed by atoms with van der Waals surface area (Å²) in [6.45, 7) is 5.52. The molecule has 9 heteroatoms. The Morgan fingerprint density at radius 1 is 1.32 bits per heavy atom. The van der Waals surface area contributed by atoms with E-state index in [-0.39, 0.29) is 28.7 Å². The fraction of sp³-hybridized carbons (Fsp3) is 0.105. The monoisotopic (exact) mass is 397 g/mol. The maximum Gasteiger partial charge on any atom is 0.270 e. The van der Waals surface area contributed by atoms with E-state index in [0.717, 1.165) is 5.56 Å². The smallest absolute Gasteiger partial charge is 0.270 e. The van der Waals surface area contributed by atoms with Gasteiger partial charge in [0.1, 0.15) is 17.1 Å². The van der Waals surface area contributed by atoms with Crippen LogP contribution in [0.4, 0.5) is 5.69 Å². The summed E-state index contributed by atoms with van der Waals surface area (Å²) in [7, 11) is 0. The molecule has 1 aromatic heterocycles. The molecule has 0 unspecified atom stereocenters. The number of nitrogens with one attached hydrogen (secondary N) is 1. The fourth-order valence-corrected chi connectivity index (χ4v) is 2.95. The summed E-state index contributed by atoms with van der Waals surface area (Å²) in [5.41, 5.74) is 1.14. The topological polar surface area (TPSA) is 106 Å². The van der Waals surface area contributed by atoms with E-state index in [1.165, 1.54) is 29.2 Å². The number of non-ortho nitro benzene ring substituents is 1. The van der Waals surface area contributed by atoms with Crippen molar-refractivity contribution in [3.05, 3.63) is 70.0 Å². The first-order chi connectivity index (χ1) is 13.3. The zero-order valence-corrected chi connectivity index (χ0v) is 15.6. The molecule has 1 N–H and O–H groups in total. The molecular formula is C19H15N3O5S. The summed E-state index contributed by atoms with van der Waals surface area (Å²) in [6, 6.07) is 7.64. The number of amides is 2. The molecule has 8 nitrogen and oxygen atoms in total. The number of hydrogen-bond acceptors (Lipinski definition) is 6. The third-order valence-corrected chi connectivity index (χ3v) is 4.43. The summed E-state index contributed by atoms with van der Waals surface area (Å²) in [6.07, 6.45) is 2.81. The zero-order valence-electron chi connectivity index (χ0n) is 14.8. The molecule has 0 aliphatic carbocycles. The quantitative estimate of drug-likeness (QED) is 0.208. The highest BCUT2D eigenvalue weighted by Gasteiger charge is 2.32. The average molecular weight is 397 g/mol. The van der Waals surface area contributed by atoms with Gasteiger partial charge in [0.25, 0.3) is 17.5 Å². The van der Waals surface area contributed by atoms with Gasteiger partial charge >= 0.3 is 0 Å². The van der Waals surface area contributed by atoms with Crippen molar-refractivity contribution >= 4 is 40.9 Å². The molecule has 0 spiro atoms. The number of aryl methyl sites for hydroxylation is 1. The Labute approximate surface area is 165 Å². The lowest BCUT2D eigenvalue weighted by atomic mass is 10.1. The van der Waals surface area contributed by atoms with E-state index in [1.807, 2.05) is 0 Å². The number of nitro benzene ring substituents is 1. The normalized spacial score (nSPS) is 15.7. The van der Waals surface area contributed by atoms with Crippen molar-refractivity contribution in [2.75, 3.05) is 6.54 Å². The first-order valence-electron chi connectivity index (χ1n) is 8.17. The number of rotatable bonds is 5. The molecule has 0 atom stereocenters. The molecule has 2 heterocycles. The van der Waals surface area contributed by atoms with Gasteiger partial charge in [-0.05, 0) is 42.9 Å². The minimum Gasteiger partial charge on any atom is -0.457 e. The molecule has 1 saturated heterocycles. The summed E-state index contributed by atoms with van der Waals surface area (Å²) < 4.78 is 5.70. The summed E-state index contributed by atoms with van der Waals surface area (Å²) in [5, 5.41) is 13.5. The SMILES string of the molecule is C=CCN1C(=O)/C(=C/c2ccc(-c3cc([N+](=O)[O-])ccc3C)o2)C(=O)NC1=S. The summed E-state index contributed by atoms with van der Waals surface area (Å²) in [4.78, 5) is 36.4. The van der Waals surface area contributed by atoms with Crippen molar-refractivity contribution in [3.8, 4) is 11.3 Å². The number of benzene rings is 1. The number of furan rings is 1. The van der Waals surface area contributed by atoms with Crippen molar-refractivity contribution in [2.24, 2.45) is 0 Å². The molecule has 1 aromatic carbocycles. The highest BCUT2D eigenvalue weighted by Crippen LogP contribution is 2.30. The van der Waals surface area contributed by atoms with E-state index in [4.69, 9.17) is 16.6 Å². The largest absolute Gasteiger partial charge is 0.457 e. The maximum atomic E-state index is 12.5. The van der Waals surface area contributed by atoms with Crippen LogP contribution in [0.2, 0.25) is 0 Å². The first-order valence-corrected chi connectivity index (χ1v) is 8.57. The van der Waals surface area contributed by atoms with E-state index in [2.05, 4.69) is 11.9 Å². The van der Waals surface area contributed by atoms with Gasteiger partial charge in [-0.25, -0.2) is 0 Å². The van der Waals surface area contributed by atoms with Crippen LogP contribution < -0.4 is 5.32 Å². The molecular weight excluding hydrogens is 382 g/mol. The van der Waals surface area contributed by atoms with Crippen LogP contribution in [-0.4, -0.2) is 33.3 Å². The van der Waals surface area contributed by atoms with E-state index >= 15 is 0 Å². The lowest BCUT2D eigenvalue weighted by molar-refractivity contribution is -0.384. The van der Waals surface area contributed by atoms with Crippen LogP contribution in [0, 0.1) is 17.0 Å². The number of nitrogens with zero attached hydrogens (tertiary/aromatic N) is 2. The van der Waals surface area contributed by atoms with Crippen LogP contribution in [-0.2, 0) is 9.59 Å². The molecule has 3 rings (SSSR count). The number of carbonyl (C=O) groups is 2. The van der Waals surface area contributed by atoms with Crippen LogP contribution in [0.15, 0.2) is 53.0 Å². The second-order valence-electron chi connectivity index (χ2n) is 5.98. The lowest BCUT2D eigenvalue weighted by Crippen LogP contribution is -2.53. The minimum absolute atomic E-state index is 0.0133. The molecule has 28 heavy (non-hydrogen) atoms. The molecule has 0 radical (unpaired) electrons. The van der Waals surface area contributed by atoms with Crippen molar-refractivity contribution in [1.82, 2.24) is 10.2 Å².